The highest BCUT2D eigenvalue weighted by Crippen LogP contribution is 2.17. The number of nitrogens with one attached hydrogen (secondary N) is 2. The predicted octanol–water partition coefficient (Wildman–Crippen LogP) is 1.04. The second-order valence-corrected chi connectivity index (χ2v) is 5.37. The highest BCUT2D eigenvalue weighted by Gasteiger charge is 2.27. The SMILES string of the molecule is CC(C)NC(=O)N1CCNCC(C)(C)C1. The van der Waals surface area contributed by atoms with E-state index in [1.165, 1.54) is 0 Å². The molecule has 1 aliphatic heterocycles. The predicted molar refractivity (Wildman–Crippen MR) is 61.9 cm³/mol. The zero-order valence-electron chi connectivity index (χ0n) is 10.3. The highest BCUT2D eigenvalue weighted by atomic mass is 16.2. The molecule has 0 radical (unpaired) electrons. The molecule has 0 saturated carbocycles. The first-order valence-corrected chi connectivity index (χ1v) is 5.67. The van der Waals surface area contributed by atoms with Gasteiger partial charge in [-0.1, -0.05) is 13.8 Å². The van der Waals surface area contributed by atoms with Gasteiger partial charge >= 0.3 is 6.03 Å². The maximum Gasteiger partial charge on any atom is 0.317 e. The van der Waals surface area contributed by atoms with Crippen molar-refractivity contribution >= 4 is 6.03 Å². The van der Waals surface area contributed by atoms with E-state index in [9.17, 15) is 4.79 Å². The molecule has 4 nitrogen and oxygen atoms in total. The summed E-state index contributed by atoms with van der Waals surface area (Å²) < 4.78 is 0. The smallest absolute Gasteiger partial charge is 0.317 e. The maximum atomic E-state index is 11.8. The zero-order chi connectivity index (χ0) is 11.5. The van der Waals surface area contributed by atoms with Gasteiger partial charge in [0.2, 0.25) is 0 Å². The van der Waals surface area contributed by atoms with Gasteiger partial charge in [-0.2, -0.15) is 0 Å². The number of hydrogen-bond acceptors (Lipinski definition) is 2. The van der Waals surface area contributed by atoms with Crippen LogP contribution in [0.15, 0.2) is 0 Å². The van der Waals surface area contributed by atoms with Crippen LogP contribution in [0.5, 0.6) is 0 Å². The number of carbonyl (C=O) groups is 1. The normalized spacial score (nSPS) is 21.3. The van der Waals surface area contributed by atoms with Crippen molar-refractivity contribution in [3.8, 4) is 0 Å². The number of urea groups is 1. The van der Waals surface area contributed by atoms with Gasteiger partial charge in [-0.15, -0.1) is 0 Å². The average molecular weight is 213 g/mol. The van der Waals surface area contributed by atoms with E-state index in [-0.39, 0.29) is 17.5 Å². The van der Waals surface area contributed by atoms with Crippen molar-refractivity contribution in [1.82, 2.24) is 15.5 Å². The molecule has 4 heteroatoms. The molecule has 15 heavy (non-hydrogen) atoms. The van der Waals surface area contributed by atoms with Crippen molar-refractivity contribution in [2.24, 2.45) is 5.41 Å². The van der Waals surface area contributed by atoms with Crippen LogP contribution in [-0.2, 0) is 0 Å². The summed E-state index contributed by atoms with van der Waals surface area (Å²) in [5, 5.41) is 6.29. The Balaban J connectivity index is 2.56. The Bertz CT molecular complexity index is 226. The van der Waals surface area contributed by atoms with Crippen LogP contribution in [0.4, 0.5) is 4.79 Å². The lowest BCUT2D eigenvalue weighted by molar-refractivity contribution is 0.178. The summed E-state index contributed by atoms with van der Waals surface area (Å²) in [6.45, 7) is 11.8. The Morgan fingerprint density at radius 2 is 2.13 bits per heavy atom. The van der Waals surface area contributed by atoms with Crippen LogP contribution in [-0.4, -0.2) is 43.2 Å². The van der Waals surface area contributed by atoms with Gasteiger partial charge in [0.1, 0.15) is 0 Å². The van der Waals surface area contributed by atoms with Crippen LogP contribution >= 0.6 is 0 Å². The third kappa shape index (κ3) is 4.08. The number of amides is 2. The van der Waals surface area contributed by atoms with E-state index in [4.69, 9.17) is 0 Å². The molecule has 0 bridgehead atoms. The zero-order valence-corrected chi connectivity index (χ0v) is 10.3. The van der Waals surface area contributed by atoms with Crippen molar-refractivity contribution < 1.29 is 4.79 Å². The summed E-state index contributed by atoms with van der Waals surface area (Å²) in [6, 6.07) is 0.263. The summed E-state index contributed by atoms with van der Waals surface area (Å²) in [4.78, 5) is 13.7. The van der Waals surface area contributed by atoms with Crippen LogP contribution in [0, 0.1) is 5.41 Å². The van der Waals surface area contributed by atoms with E-state index >= 15 is 0 Å². The second kappa shape index (κ2) is 4.84. The summed E-state index contributed by atoms with van der Waals surface area (Å²) in [5.74, 6) is 0. The molecule has 1 fully saturated rings. The van der Waals surface area contributed by atoms with Crippen molar-refractivity contribution in [2.45, 2.75) is 33.7 Å². The Labute approximate surface area is 92.4 Å². The third-order valence-electron chi connectivity index (χ3n) is 2.48. The molecule has 0 aromatic rings. The first-order valence-electron chi connectivity index (χ1n) is 5.67. The molecule has 1 heterocycles. The molecule has 1 rings (SSSR count). The number of nitrogens with zero attached hydrogens (tertiary/aromatic N) is 1. The van der Waals surface area contributed by atoms with E-state index < -0.39 is 0 Å². The minimum absolute atomic E-state index is 0.0572. The molecule has 0 unspecified atom stereocenters. The maximum absolute atomic E-state index is 11.8. The molecule has 0 aliphatic carbocycles. The van der Waals surface area contributed by atoms with E-state index in [0.717, 1.165) is 26.2 Å². The van der Waals surface area contributed by atoms with Crippen LogP contribution in [0.2, 0.25) is 0 Å². The van der Waals surface area contributed by atoms with Gasteiger partial charge < -0.3 is 15.5 Å². The lowest BCUT2D eigenvalue weighted by atomic mass is 9.93. The van der Waals surface area contributed by atoms with Crippen LogP contribution in [0.3, 0.4) is 0 Å². The van der Waals surface area contributed by atoms with Crippen molar-refractivity contribution in [3.63, 3.8) is 0 Å². The number of rotatable bonds is 1. The molecule has 0 aromatic carbocycles. The Morgan fingerprint density at radius 1 is 1.47 bits per heavy atom. The average Bonchev–Trinajstić information content (AvgIpc) is 2.25. The fraction of sp³-hybridized carbons (Fsp3) is 0.909. The summed E-state index contributed by atoms with van der Waals surface area (Å²) in [6.07, 6.45) is 0. The Morgan fingerprint density at radius 3 is 2.73 bits per heavy atom. The van der Waals surface area contributed by atoms with Crippen molar-refractivity contribution in [3.05, 3.63) is 0 Å². The van der Waals surface area contributed by atoms with Gasteiger partial charge in [-0.05, 0) is 19.3 Å². The standard InChI is InChI=1S/C11H23N3O/c1-9(2)13-10(15)14-6-5-12-7-11(3,4)8-14/h9,12H,5-8H2,1-4H3,(H,13,15). The fourth-order valence-electron chi connectivity index (χ4n) is 1.80. The lowest BCUT2D eigenvalue weighted by Crippen LogP contribution is -2.46. The molecular weight excluding hydrogens is 190 g/mol. The van der Waals surface area contributed by atoms with E-state index in [2.05, 4.69) is 24.5 Å². The van der Waals surface area contributed by atoms with E-state index in [1.54, 1.807) is 0 Å². The Kier molecular flexibility index (Phi) is 3.97. The largest absolute Gasteiger partial charge is 0.336 e. The van der Waals surface area contributed by atoms with Gasteiger partial charge in [-0.3, -0.25) is 0 Å². The van der Waals surface area contributed by atoms with Gasteiger partial charge in [0.25, 0.3) is 0 Å². The highest BCUT2D eigenvalue weighted by molar-refractivity contribution is 5.74. The van der Waals surface area contributed by atoms with Crippen LogP contribution in [0.25, 0.3) is 0 Å². The first kappa shape index (κ1) is 12.3. The van der Waals surface area contributed by atoms with Gasteiger partial charge in [0.15, 0.2) is 0 Å². The molecule has 0 aromatic heterocycles. The van der Waals surface area contributed by atoms with Crippen LogP contribution < -0.4 is 10.6 Å². The monoisotopic (exact) mass is 213 g/mol. The molecule has 1 saturated heterocycles. The van der Waals surface area contributed by atoms with E-state index in [1.807, 2.05) is 18.7 Å². The van der Waals surface area contributed by atoms with E-state index in [0.29, 0.717) is 0 Å². The molecule has 2 N–H and O–H groups in total. The molecular formula is C11H23N3O. The quantitative estimate of drug-likeness (QED) is 0.683. The fourth-order valence-corrected chi connectivity index (χ4v) is 1.80. The molecule has 1 aliphatic rings. The van der Waals surface area contributed by atoms with Crippen LogP contribution in [0.1, 0.15) is 27.7 Å². The van der Waals surface area contributed by atoms with Crippen molar-refractivity contribution in [1.29, 1.82) is 0 Å². The first-order chi connectivity index (χ1) is 6.91. The molecule has 88 valence electrons. The summed E-state index contributed by atoms with van der Waals surface area (Å²) in [5.41, 5.74) is 0.158. The summed E-state index contributed by atoms with van der Waals surface area (Å²) in [7, 11) is 0. The molecule has 0 spiro atoms. The second-order valence-electron chi connectivity index (χ2n) is 5.37. The van der Waals surface area contributed by atoms with Gasteiger partial charge in [0.05, 0.1) is 0 Å². The minimum Gasteiger partial charge on any atom is -0.336 e. The third-order valence-corrected chi connectivity index (χ3v) is 2.48. The van der Waals surface area contributed by atoms with Crippen molar-refractivity contribution in [2.75, 3.05) is 26.2 Å². The number of hydrogen-bond donors (Lipinski definition) is 2. The molecule has 2 amide bonds. The topological polar surface area (TPSA) is 44.4 Å². The van der Waals surface area contributed by atoms with Gasteiger partial charge in [-0.25, -0.2) is 4.79 Å². The minimum atomic E-state index is 0.0572. The number of carbonyl (C=O) groups excluding carboxylic acids is 1. The summed E-state index contributed by atoms with van der Waals surface area (Å²) >= 11 is 0. The van der Waals surface area contributed by atoms with Gasteiger partial charge in [0, 0.05) is 32.2 Å². The Hall–Kier alpha value is -0.770. The lowest BCUT2D eigenvalue weighted by Gasteiger charge is -2.29. The molecule has 0 atom stereocenters.